The minimum atomic E-state index is -0.687. The van der Waals surface area contributed by atoms with Crippen LogP contribution < -0.4 is 5.32 Å². The number of aromatic nitrogens is 4. The Kier molecular flexibility index (Phi) is 4.14. The van der Waals surface area contributed by atoms with E-state index in [1.807, 2.05) is 0 Å². The van der Waals surface area contributed by atoms with Gasteiger partial charge >= 0.3 is 0 Å². The average molecular weight is 345 g/mol. The number of fused-ring (bicyclic) bond motifs is 1. The van der Waals surface area contributed by atoms with Crippen LogP contribution >= 0.6 is 0 Å². The number of amides is 1. The molecule has 4 rings (SSSR count). The van der Waals surface area contributed by atoms with Crippen LogP contribution in [-0.2, 0) is 11.2 Å². The number of carbonyl (C=O) groups excluding carboxylic acids is 1. The number of nitrogens with zero attached hydrogens (tertiary/aromatic N) is 4. The molecule has 3 aromatic rings. The van der Waals surface area contributed by atoms with Crippen molar-refractivity contribution >= 4 is 11.6 Å². The predicted octanol–water partition coefficient (Wildman–Crippen LogP) is 1.68. The van der Waals surface area contributed by atoms with E-state index < -0.39 is 11.9 Å². The molecule has 130 valence electrons. The molecule has 4 heterocycles. The van der Waals surface area contributed by atoms with Crippen LogP contribution in [0.25, 0.3) is 5.65 Å². The fourth-order valence-corrected chi connectivity index (χ4v) is 2.75. The van der Waals surface area contributed by atoms with Crippen molar-refractivity contribution < 1.29 is 18.4 Å². The Balaban J connectivity index is 1.36. The first-order valence-electron chi connectivity index (χ1n) is 8.07. The molecule has 8 nitrogen and oxygen atoms in total. The Morgan fingerprint density at radius 1 is 1.40 bits per heavy atom. The zero-order valence-corrected chi connectivity index (χ0v) is 13.3. The normalized spacial score (nSPS) is 17.2. The van der Waals surface area contributed by atoms with Crippen molar-refractivity contribution in [2.24, 2.45) is 0 Å². The zero-order valence-electron chi connectivity index (χ0n) is 13.3. The van der Waals surface area contributed by atoms with Gasteiger partial charge in [-0.25, -0.2) is 4.98 Å². The highest BCUT2D eigenvalue weighted by atomic mass is 19.1. The molecular formula is C16H16FN5O3. The highest BCUT2D eigenvalue weighted by Gasteiger charge is 2.24. The summed E-state index contributed by atoms with van der Waals surface area (Å²) in [6.45, 7) is 0.944. The average Bonchev–Trinajstić information content (AvgIpc) is 3.35. The summed E-state index contributed by atoms with van der Waals surface area (Å²) in [7, 11) is 0. The van der Waals surface area contributed by atoms with Gasteiger partial charge in [0.1, 0.15) is 11.8 Å². The lowest BCUT2D eigenvalue weighted by atomic mass is 10.2. The lowest BCUT2D eigenvalue weighted by molar-refractivity contribution is 0.0835. The van der Waals surface area contributed by atoms with E-state index in [0.29, 0.717) is 30.4 Å². The molecule has 0 bridgehead atoms. The Morgan fingerprint density at radius 3 is 3.12 bits per heavy atom. The zero-order chi connectivity index (χ0) is 17.2. The Bertz CT molecular complexity index is 900. The first-order chi connectivity index (χ1) is 12.2. The van der Waals surface area contributed by atoms with Gasteiger partial charge in [0.25, 0.3) is 11.8 Å². The molecule has 0 spiro atoms. The first-order valence-corrected chi connectivity index (χ1v) is 8.07. The van der Waals surface area contributed by atoms with E-state index in [1.165, 1.54) is 10.6 Å². The third-order valence-corrected chi connectivity index (χ3v) is 4.01. The number of nitrogens with one attached hydrogen (secondary N) is 1. The summed E-state index contributed by atoms with van der Waals surface area (Å²) in [6.07, 6.45) is 3.59. The SMILES string of the molecule is O=C(NCCc1noc([C@H]2CCCO2)n1)c1nc2ccccn2c1F. The van der Waals surface area contributed by atoms with Crippen molar-refractivity contribution in [2.45, 2.75) is 25.4 Å². The maximum absolute atomic E-state index is 14.2. The molecule has 0 aliphatic carbocycles. The molecule has 1 atom stereocenters. The van der Waals surface area contributed by atoms with E-state index in [1.54, 1.807) is 18.2 Å². The topological polar surface area (TPSA) is 94.5 Å². The van der Waals surface area contributed by atoms with Gasteiger partial charge in [0.15, 0.2) is 11.5 Å². The monoisotopic (exact) mass is 345 g/mol. The number of imidazole rings is 1. The molecule has 1 aliphatic heterocycles. The fraction of sp³-hybridized carbons (Fsp3) is 0.375. The van der Waals surface area contributed by atoms with Crippen LogP contribution in [0, 0.1) is 5.95 Å². The van der Waals surface area contributed by atoms with Gasteiger partial charge in [0, 0.05) is 25.8 Å². The minimum absolute atomic E-state index is 0.136. The molecule has 0 aromatic carbocycles. The number of halogens is 1. The van der Waals surface area contributed by atoms with E-state index in [4.69, 9.17) is 9.26 Å². The smallest absolute Gasteiger partial charge is 0.274 e. The highest BCUT2D eigenvalue weighted by Crippen LogP contribution is 2.26. The largest absolute Gasteiger partial charge is 0.368 e. The quantitative estimate of drug-likeness (QED) is 0.756. The second kappa shape index (κ2) is 6.60. The van der Waals surface area contributed by atoms with Crippen LogP contribution in [0.4, 0.5) is 4.39 Å². The molecule has 1 fully saturated rings. The standard InChI is InChI=1S/C16H16FN5O3/c17-14-13(20-12-5-1-2-8-22(12)14)15(23)18-7-6-11-19-16(25-21-11)10-4-3-9-24-10/h1-2,5,8,10H,3-4,6-7,9H2,(H,18,23)/t10-/m1/s1. The first kappa shape index (κ1) is 15.7. The third kappa shape index (κ3) is 3.10. The summed E-state index contributed by atoms with van der Waals surface area (Å²) in [6, 6.07) is 5.03. The molecule has 9 heteroatoms. The van der Waals surface area contributed by atoms with Crippen molar-refractivity contribution in [1.82, 2.24) is 24.8 Å². The van der Waals surface area contributed by atoms with Crippen LogP contribution in [0.5, 0.6) is 0 Å². The lowest BCUT2D eigenvalue weighted by Crippen LogP contribution is -2.27. The van der Waals surface area contributed by atoms with E-state index in [0.717, 1.165) is 12.8 Å². The maximum atomic E-state index is 14.2. The van der Waals surface area contributed by atoms with Gasteiger partial charge < -0.3 is 14.6 Å². The van der Waals surface area contributed by atoms with Crippen molar-refractivity contribution in [3.8, 4) is 0 Å². The molecular weight excluding hydrogens is 329 g/mol. The molecule has 1 N–H and O–H groups in total. The molecule has 1 amide bonds. The van der Waals surface area contributed by atoms with E-state index >= 15 is 0 Å². The van der Waals surface area contributed by atoms with Gasteiger partial charge in [-0.1, -0.05) is 11.2 Å². The number of rotatable bonds is 5. The van der Waals surface area contributed by atoms with Gasteiger partial charge in [-0.2, -0.15) is 9.37 Å². The Labute approximate surface area is 142 Å². The number of hydrogen-bond donors (Lipinski definition) is 1. The van der Waals surface area contributed by atoms with E-state index in [-0.39, 0.29) is 18.3 Å². The van der Waals surface area contributed by atoms with Crippen LogP contribution in [0.2, 0.25) is 0 Å². The Hall–Kier alpha value is -2.81. The summed E-state index contributed by atoms with van der Waals surface area (Å²) in [5.74, 6) is -0.330. The van der Waals surface area contributed by atoms with Crippen molar-refractivity contribution in [1.29, 1.82) is 0 Å². The molecule has 0 radical (unpaired) electrons. The number of ether oxygens (including phenoxy) is 1. The van der Waals surface area contributed by atoms with Gasteiger partial charge in [-0.05, 0) is 25.0 Å². The molecule has 0 saturated carbocycles. The number of carbonyl (C=O) groups is 1. The lowest BCUT2D eigenvalue weighted by Gasteiger charge is -2.01. The summed E-state index contributed by atoms with van der Waals surface area (Å²) in [5.41, 5.74) is 0.142. The van der Waals surface area contributed by atoms with Crippen molar-refractivity contribution in [3.05, 3.63) is 47.8 Å². The summed E-state index contributed by atoms with van der Waals surface area (Å²) in [5, 5.41) is 6.49. The van der Waals surface area contributed by atoms with Gasteiger partial charge in [0.2, 0.25) is 5.95 Å². The fourth-order valence-electron chi connectivity index (χ4n) is 2.75. The molecule has 3 aromatic heterocycles. The van der Waals surface area contributed by atoms with E-state index in [2.05, 4.69) is 20.4 Å². The Morgan fingerprint density at radius 2 is 2.32 bits per heavy atom. The second-order valence-electron chi connectivity index (χ2n) is 5.74. The molecule has 1 saturated heterocycles. The molecule has 0 unspecified atom stereocenters. The second-order valence-corrected chi connectivity index (χ2v) is 5.74. The van der Waals surface area contributed by atoms with Crippen LogP contribution in [0.3, 0.4) is 0 Å². The number of hydrogen-bond acceptors (Lipinski definition) is 6. The summed E-state index contributed by atoms with van der Waals surface area (Å²) < 4.78 is 26.1. The summed E-state index contributed by atoms with van der Waals surface area (Å²) >= 11 is 0. The third-order valence-electron chi connectivity index (χ3n) is 4.01. The van der Waals surface area contributed by atoms with Crippen molar-refractivity contribution in [3.63, 3.8) is 0 Å². The van der Waals surface area contributed by atoms with Crippen LogP contribution in [-0.4, -0.2) is 38.6 Å². The number of pyridine rings is 1. The van der Waals surface area contributed by atoms with Gasteiger partial charge in [-0.3, -0.25) is 9.20 Å². The minimum Gasteiger partial charge on any atom is -0.368 e. The maximum Gasteiger partial charge on any atom is 0.274 e. The summed E-state index contributed by atoms with van der Waals surface area (Å²) in [4.78, 5) is 20.4. The highest BCUT2D eigenvalue weighted by molar-refractivity contribution is 5.93. The van der Waals surface area contributed by atoms with Crippen LogP contribution in [0.1, 0.15) is 41.1 Å². The van der Waals surface area contributed by atoms with Gasteiger partial charge in [-0.15, -0.1) is 0 Å². The van der Waals surface area contributed by atoms with Crippen LogP contribution in [0.15, 0.2) is 28.9 Å². The van der Waals surface area contributed by atoms with Crippen molar-refractivity contribution in [2.75, 3.05) is 13.2 Å². The molecule has 1 aliphatic rings. The van der Waals surface area contributed by atoms with Gasteiger partial charge in [0.05, 0.1) is 0 Å². The molecule has 25 heavy (non-hydrogen) atoms. The van der Waals surface area contributed by atoms with E-state index in [9.17, 15) is 9.18 Å². The predicted molar refractivity (Wildman–Crippen MR) is 83.4 cm³/mol.